The number of hydrogen-bond donors (Lipinski definition) is 4. The van der Waals surface area contributed by atoms with Gasteiger partial charge in [0.05, 0.1) is 18.8 Å². The molecular formula is C16H15ClN2O3. The monoisotopic (exact) mass is 318 g/mol. The molecule has 1 aliphatic heterocycles. The molecule has 114 valence electrons. The van der Waals surface area contributed by atoms with Crippen molar-refractivity contribution in [3.63, 3.8) is 0 Å². The van der Waals surface area contributed by atoms with Gasteiger partial charge in [-0.15, -0.1) is 0 Å². The first-order chi connectivity index (χ1) is 10.6. The third-order valence-electron chi connectivity index (χ3n) is 3.51. The summed E-state index contributed by atoms with van der Waals surface area (Å²) in [7, 11) is 1.50. The van der Waals surface area contributed by atoms with Crippen LogP contribution >= 0.6 is 11.6 Å². The quantitative estimate of drug-likeness (QED) is 0.700. The molecule has 1 aliphatic rings. The lowest BCUT2D eigenvalue weighted by atomic mass is 10.0. The number of benzene rings is 2. The van der Waals surface area contributed by atoms with Gasteiger partial charge in [0.2, 0.25) is 0 Å². The fourth-order valence-corrected chi connectivity index (χ4v) is 2.53. The zero-order valence-corrected chi connectivity index (χ0v) is 12.6. The van der Waals surface area contributed by atoms with E-state index in [1.807, 2.05) is 6.08 Å². The largest absolute Gasteiger partial charge is 0.507 e. The molecular weight excluding hydrogens is 304 g/mol. The molecule has 5 nitrogen and oxygen atoms in total. The number of hydrazine groups is 1. The zero-order valence-electron chi connectivity index (χ0n) is 11.8. The van der Waals surface area contributed by atoms with E-state index >= 15 is 0 Å². The number of methoxy groups -OCH3 is 1. The zero-order chi connectivity index (χ0) is 15.7. The standard InChI is InChI=1S/C16H15ClN2O3/c1-22-16-6-9(2-4-15(16)21)12-8-13(19-18-12)11-7-10(17)3-5-14(11)20/h2-8,12,18-21H,1H3. The third kappa shape index (κ3) is 2.68. The highest BCUT2D eigenvalue weighted by atomic mass is 35.5. The van der Waals surface area contributed by atoms with Crippen LogP contribution in [0.4, 0.5) is 0 Å². The van der Waals surface area contributed by atoms with Gasteiger partial charge in [0, 0.05) is 10.6 Å². The van der Waals surface area contributed by atoms with E-state index in [2.05, 4.69) is 10.9 Å². The van der Waals surface area contributed by atoms with Gasteiger partial charge < -0.3 is 20.4 Å². The Morgan fingerprint density at radius 1 is 1.09 bits per heavy atom. The van der Waals surface area contributed by atoms with E-state index in [9.17, 15) is 10.2 Å². The second-order valence-electron chi connectivity index (χ2n) is 4.92. The second-order valence-corrected chi connectivity index (χ2v) is 5.36. The number of halogens is 1. The van der Waals surface area contributed by atoms with E-state index in [1.165, 1.54) is 7.11 Å². The summed E-state index contributed by atoms with van der Waals surface area (Å²) in [5, 5.41) is 20.1. The Bertz CT molecular complexity index is 746. The highest BCUT2D eigenvalue weighted by molar-refractivity contribution is 6.30. The van der Waals surface area contributed by atoms with Crippen LogP contribution in [-0.4, -0.2) is 17.3 Å². The summed E-state index contributed by atoms with van der Waals surface area (Å²) in [4.78, 5) is 0. The van der Waals surface area contributed by atoms with Gasteiger partial charge in [0.25, 0.3) is 0 Å². The lowest BCUT2D eigenvalue weighted by Crippen LogP contribution is -2.26. The highest BCUT2D eigenvalue weighted by Crippen LogP contribution is 2.34. The Hall–Kier alpha value is -2.37. The maximum Gasteiger partial charge on any atom is 0.160 e. The van der Waals surface area contributed by atoms with Crippen LogP contribution in [0.3, 0.4) is 0 Å². The number of ether oxygens (including phenoxy) is 1. The summed E-state index contributed by atoms with van der Waals surface area (Å²) < 4.78 is 5.12. The van der Waals surface area contributed by atoms with Gasteiger partial charge in [0.1, 0.15) is 5.75 Å². The average Bonchev–Trinajstić information content (AvgIpc) is 3.00. The predicted molar refractivity (Wildman–Crippen MR) is 84.8 cm³/mol. The number of phenolic OH excluding ortho intramolecular Hbond substituents is 2. The summed E-state index contributed by atoms with van der Waals surface area (Å²) in [6.45, 7) is 0. The molecule has 22 heavy (non-hydrogen) atoms. The van der Waals surface area contributed by atoms with Crippen LogP contribution in [0.2, 0.25) is 5.02 Å². The van der Waals surface area contributed by atoms with Crippen LogP contribution in [0.25, 0.3) is 5.70 Å². The summed E-state index contributed by atoms with van der Waals surface area (Å²) >= 11 is 5.97. The topological polar surface area (TPSA) is 73.8 Å². The van der Waals surface area contributed by atoms with Gasteiger partial charge in [0.15, 0.2) is 11.5 Å². The molecule has 1 atom stereocenters. The Kier molecular flexibility index (Phi) is 3.83. The van der Waals surface area contributed by atoms with Crippen molar-refractivity contribution in [1.29, 1.82) is 0 Å². The summed E-state index contributed by atoms with van der Waals surface area (Å²) in [5.41, 5.74) is 8.40. The van der Waals surface area contributed by atoms with Gasteiger partial charge in [-0.05, 0) is 42.0 Å². The second kappa shape index (κ2) is 5.79. The number of hydrogen-bond acceptors (Lipinski definition) is 5. The van der Waals surface area contributed by atoms with Gasteiger partial charge in [-0.3, -0.25) is 0 Å². The summed E-state index contributed by atoms with van der Waals surface area (Å²) in [6.07, 6.45) is 1.93. The van der Waals surface area contributed by atoms with Crippen molar-refractivity contribution < 1.29 is 14.9 Å². The van der Waals surface area contributed by atoms with Crippen LogP contribution < -0.4 is 15.6 Å². The predicted octanol–water partition coefficient (Wildman–Crippen LogP) is 2.95. The lowest BCUT2D eigenvalue weighted by Gasteiger charge is -2.11. The first kappa shape index (κ1) is 14.6. The highest BCUT2D eigenvalue weighted by Gasteiger charge is 2.20. The van der Waals surface area contributed by atoms with Crippen molar-refractivity contribution in [3.8, 4) is 17.2 Å². The molecule has 1 unspecified atom stereocenters. The molecule has 2 aromatic rings. The van der Waals surface area contributed by atoms with Crippen LogP contribution in [-0.2, 0) is 0 Å². The van der Waals surface area contributed by atoms with Crippen LogP contribution in [0, 0.1) is 0 Å². The van der Waals surface area contributed by atoms with E-state index < -0.39 is 0 Å². The number of aromatic hydroxyl groups is 2. The van der Waals surface area contributed by atoms with Crippen molar-refractivity contribution in [3.05, 3.63) is 58.6 Å². The molecule has 0 aliphatic carbocycles. The van der Waals surface area contributed by atoms with E-state index in [-0.39, 0.29) is 17.5 Å². The maximum atomic E-state index is 9.95. The molecule has 0 saturated heterocycles. The number of phenols is 2. The van der Waals surface area contributed by atoms with Gasteiger partial charge >= 0.3 is 0 Å². The molecule has 3 rings (SSSR count). The maximum absolute atomic E-state index is 9.95. The normalized spacial score (nSPS) is 17.0. The van der Waals surface area contributed by atoms with Crippen LogP contribution in [0.5, 0.6) is 17.2 Å². The number of rotatable bonds is 3. The molecule has 0 saturated carbocycles. The van der Waals surface area contributed by atoms with Crippen molar-refractivity contribution in [2.24, 2.45) is 0 Å². The average molecular weight is 319 g/mol. The molecule has 0 spiro atoms. The molecule has 0 amide bonds. The smallest absolute Gasteiger partial charge is 0.160 e. The lowest BCUT2D eigenvalue weighted by molar-refractivity contribution is 0.372. The number of nitrogens with one attached hydrogen (secondary N) is 2. The molecule has 0 aromatic heterocycles. The fourth-order valence-electron chi connectivity index (χ4n) is 2.35. The first-order valence-electron chi connectivity index (χ1n) is 6.67. The first-order valence-corrected chi connectivity index (χ1v) is 7.05. The molecule has 2 aromatic carbocycles. The van der Waals surface area contributed by atoms with Crippen molar-refractivity contribution in [1.82, 2.24) is 10.9 Å². The molecule has 0 fully saturated rings. The fraction of sp³-hybridized carbons (Fsp3) is 0.125. The van der Waals surface area contributed by atoms with E-state index in [0.717, 1.165) is 11.3 Å². The van der Waals surface area contributed by atoms with E-state index in [0.29, 0.717) is 16.3 Å². The van der Waals surface area contributed by atoms with Crippen LogP contribution in [0.1, 0.15) is 17.2 Å². The Morgan fingerprint density at radius 2 is 1.86 bits per heavy atom. The Morgan fingerprint density at radius 3 is 2.64 bits per heavy atom. The van der Waals surface area contributed by atoms with Gasteiger partial charge in [-0.2, -0.15) is 0 Å². The minimum atomic E-state index is -0.122. The van der Waals surface area contributed by atoms with Crippen molar-refractivity contribution in [2.45, 2.75) is 6.04 Å². The summed E-state index contributed by atoms with van der Waals surface area (Å²) in [6, 6.07) is 9.89. The van der Waals surface area contributed by atoms with E-state index in [4.69, 9.17) is 16.3 Å². The third-order valence-corrected chi connectivity index (χ3v) is 3.74. The molecule has 4 N–H and O–H groups in total. The molecule has 0 bridgehead atoms. The Labute approximate surface area is 132 Å². The molecule has 1 heterocycles. The van der Waals surface area contributed by atoms with Crippen LogP contribution in [0.15, 0.2) is 42.5 Å². The van der Waals surface area contributed by atoms with Gasteiger partial charge in [-0.25, -0.2) is 5.43 Å². The summed E-state index contributed by atoms with van der Waals surface area (Å²) in [5.74, 6) is 0.648. The minimum absolute atomic E-state index is 0.0916. The Balaban J connectivity index is 1.93. The van der Waals surface area contributed by atoms with E-state index in [1.54, 1.807) is 36.4 Å². The van der Waals surface area contributed by atoms with Crippen molar-refractivity contribution in [2.75, 3.05) is 7.11 Å². The van der Waals surface area contributed by atoms with Gasteiger partial charge in [-0.1, -0.05) is 17.7 Å². The molecule has 6 heteroatoms. The molecule has 0 radical (unpaired) electrons. The SMILES string of the molecule is COc1cc(C2C=C(c3cc(Cl)ccc3O)NN2)ccc1O. The minimum Gasteiger partial charge on any atom is -0.507 e. The van der Waals surface area contributed by atoms with Crippen molar-refractivity contribution >= 4 is 17.3 Å².